The van der Waals surface area contributed by atoms with Crippen LogP contribution in [0.3, 0.4) is 0 Å². The van der Waals surface area contributed by atoms with Gasteiger partial charge in [0, 0.05) is 20.2 Å². The first-order valence-corrected chi connectivity index (χ1v) is 5.44. The van der Waals surface area contributed by atoms with Crippen LogP contribution in [0, 0.1) is 0 Å². The van der Waals surface area contributed by atoms with Crippen LogP contribution in [0.15, 0.2) is 6.08 Å². The van der Waals surface area contributed by atoms with Gasteiger partial charge in [-0.1, -0.05) is 18.3 Å². The summed E-state index contributed by atoms with van der Waals surface area (Å²) in [6, 6.07) is 0. The highest BCUT2D eigenvalue weighted by molar-refractivity contribution is 7.16. The van der Waals surface area contributed by atoms with Gasteiger partial charge in [-0.2, -0.15) is 0 Å². The normalized spacial score (nSPS) is 10.9. The lowest BCUT2D eigenvalue weighted by molar-refractivity contribution is -0.131. The van der Waals surface area contributed by atoms with Crippen molar-refractivity contribution in [2.75, 3.05) is 19.0 Å². The van der Waals surface area contributed by atoms with Crippen molar-refractivity contribution in [3.63, 3.8) is 0 Å². The third-order valence-corrected chi connectivity index (χ3v) is 3.04. The number of carboxylic acids is 1. The SMILES string of the molecule is CCc1nc(N(C)C)sc1/C=C/C(=O)O. The lowest BCUT2D eigenvalue weighted by atomic mass is 10.3. The highest BCUT2D eigenvalue weighted by atomic mass is 32.1. The predicted octanol–water partition coefficient (Wildman–Crippen LogP) is 1.87. The number of hydrogen-bond acceptors (Lipinski definition) is 4. The third-order valence-electron chi connectivity index (χ3n) is 1.81. The number of hydrogen-bond donors (Lipinski definition) is 1. The van der Waals surface area contributed by atoms with E-state index in [4.69, 9.17) is 5.11 Å². The first-order valence-electron chi connectivity index (χ1n) is 4.62. The van der Waals surface area contributed by atoms with Gasteiger partial charge in [0.1, 0.15) is 0 Å². The summed E-state index contributed by atoms with van der Waals surface area (Å²) in [6.07, 6.45) is 3.56. The van der Waals surface area contributed by atoms with Crippen LogP contribution in [-0.4, -0.2) is 30.2 Å². The molecule has 0 fully saturated rings. The van der Waals surface area contributed by atoms with Crippen molar-refractivity contribution in [3.8, 4) is 0 Å². The van der Waals surface area contributed by atoms with E-state index in [1.165, 1.54) is 11.3 Å². The maximum Gasteiger partial charge on any atom is 0.328 e. The van der Waals surface area contributed by atoms with Crippen molar-refractivity contribution in [3.05, 3.63) is 16.6 Å². The van der Waals surface area contributed by atoms with E-state index < -0.39 is 5.97 Å². The topological polar surface area (TPSA) is 53.4 Å². The highest BCUT2D eigenvalue weighted by Crippen LogP contribution is 2.26. The molecule has 4 nitrogen and oxygen atoms in total. The molecule has 5 heteroatoms. The predicted molar refractivity (Wildman–Crippen MR) is 62.5 cm³/mol. The van der Waals surface area contributed by atoms with Gasteiger partial charge < -0.3 is 10.0 Å². The second-order valence-corrected chi connectivity index (χ2v) is 4.24. The second-order valence-electron chi connectivity index (χ2n) is 3.23. The van der Waals surface area contributed by atoms with Gasteiger partial charge in [-0.3, -0.25) is 0 Å². The maximum absolute atomic E-state index is 10.4. The number of nitrogens with zero attached hydrogens (tertiary/aromatic N) is 2. The zero-order chi connectivity index (χ0) is 11.4. The van der Waals surface area contributed by atoms with E-state index in [0.29, 0.717) is 0 Å². The Bertz CT molecular complexity index is 383. The van der Waals surface area contributed by atoms with E-state index in [1.807, 2.05) is 25.9 Å². The Hall–Kier alpha value is -1.36. The molecule has 0 spiro atoms. The molecule has 0 amide bonds. The molecule has 0 saturated carbocycles. The Balaban J connectivity index is 3.00. The molecule has 15 heavy (non-hydrogen) atoms. The average Bonchev–Trinajstić information content (AvgIpc) is 2.57. The Labute approximate surface area is 92.9 Å². The van der Waals surface area contributed by atoms with Crippen molar-refractivity contribution in [1.29, 1.82) is 0 Å². The highest BCUT2D eigenvalue weighted by Gasteiger charge is 2.08. The van der Waals surface area contributed by atoms with Gasteiger partial charge in [-0.15, -0.1) is 0 Å². The third kappa shape index (κ3) is 3.06. The molecule has 0 aliphatic carbocycles. The maximum atomic E-state index is 10.4. The van der Waals surface area contributed by atoms with E-state index in [9.17, 15) is 4.79 Å². The molecule has 1 N–H and O–H groups in total. The van der Waals surface area contributed by atoms with Gasteiger partial charge in [0.05, 0.1) is 10.6 Å². The molecule has 82 valence electrons. The number of aromatic nitrogens is 1. The van der Waals surface area contributed by atoms with Crippen LogP contribution in [0.1, 0.15) is 17.5 Å². The van der Waals surface area contributed by atoms with Crippen molar-refractivity contribution < 1.29 is 9.90 Å². The summed E-state index contributed by atoms with van der Waals surface area (Å²) in [7, 11) is 3.84. The van der Waals surface area contributed by atoms with E-state index in [1.54, 1.807) is 6.08 Å². The zero-order valence-electron chi connectivity index (χ0n) is 9.02. The monoisotopic (exact) mass is 226 g/mol. The molecular weight excluding hydrogens is 212 g/mol. The number of thiazole rings is 1. The molecule has 0 aliphatic rings. The fraction of sp³-hybridized carbons (Fsp3) is 0.400. The summed E-state index contributed by atoms with van der Waals surface area (Å²) < 4.78 is 0. The van der Waals surface area contributed by atoms with Gasteiger partial charge in [0.2, 0.25) is 0 Å². The van der Waals surface area contributed by atoms with Crippen LogP contribution in [0.5, 0.6) is 0 Å². The summed E-state index contributed by atoms with van der Waals surface area (Å²) in [5.74, 6) is -0.933. The zero-order valence-corrected chi connectivity index (χ0v) is 9.84. The van der Waals surface area contributed by atoms with Gasteiger partial charge >= 0.3 is 5.97 Å². The fourth-order valence-electron chi connectivity index (χ4n) is 1.07. The second kappa shape index (κ2) is 4.93. The molecule has 1 aromatic heterocycles. The van der Waals surface area contributed by atoms with E-state index in [-0.39, 0.29) is 0 Å². The summed E-state index contributed by atoms with van der Waals surface area (Å²) >= 11 is 1.50. The number of carbonyl (C=O) groups is 1. The Kier molecular flexibility index (Phi) is 3.85. The van der Waals surface area contributed by atoms with Crippen molar-refractivity contribution in [1.82, 2.24) is 4.98 Å². The van der Waals surface area contributed by atoms with Crippen LogP contribution >= 0.6 is 11.3 Å². The summed E-state index contributed by atoms with van der Waals surface area (Å²) in [6.45, 7) is 2.01. The number of carboxylic acid groups (broad SMARTS) is 1. The molecule has 0 bridgehead atoms. The van der Waals surface area contributed by atoms with Crippen LogP contribution in [0.25, 0.3) is 6.08 Å². The standard InChI is InChI=1S/C10H14N2O2S/c1-4-7-8(5-6-9(13)14)15-10(11-7)12(2)3/h5-6H,4H2,1-3H3,(H,13,14)/b6-5+. The Morgan fingerprint density at radius 2 is 2.27 bits per heavy atom. The van der Waals surface area contributed by atoms with Gasteiger partial charge in [-0.25, -0.2) is 9.78 Å². The van der Waals surface area contributed by atoms with Gasteiger partial charge in [0.25, 0.3) is 0 Å². The van der Waals surface area contributed by atoms with E-state index in [0.717, 1.165) is 28.2 Å². The molecule has 0 aliphatic heterocycles. The number of aliphatic carboxylic acids is 1. The fourth-order valence-corrected chi connectivity index (χ4v) is 2.05. The summed E-state index contributed by atoms with van der Waals surface area (Å²) in [5.41, 5.74) is 0.946. The van der Waals surface area contributed by atoms with Gasteiger partial charge in [-0.05, 0) is 12.5 Å². The molecule has 0 saturated heterocycles. The largest absolute Gasteiger partial charge is 0.478 e. The summed E-state index contributed by atoms with van der Waals surface area (Å²) in [5, 5.41) is 9.44. The van der Waals surface area contributed by atoms with Crippen LogP contribution < -0.4 is 4.90 Å². The molecule has 1 rings (SSSR count). The van der Waals surface area contributed by atoms with Crippen molar-refractivity contribution in [2.24, 2.45) is 0 Å². The molecule has 0 radical (unpaired) electrons. The molecule has 0 aromatic carbocycles. The average molecular weight is 226 g/mol. The molecule has 1 aromatic rings. The van der Waals surface area contributed by atoms with Crippen molar-refractivity contribution in [2.45, 2.75) is 13.3 Å². The van der Waals surface area contributed by atoms with Gasteiger partial charge in [0.15, 0.2) is 5.13 Å². The smallest absolute Gasteiger partial charge is 0.328 e. The lowest BCUT2D eigenvalue weighted by Gasteiger charge is -2.05. The number of rotatable bonds is 4. The van der Waals surface area contributed by atoms with Crippen LogP contribution in [0.2, 0.25) is 0 Å². The first kappa shape index (κ1) is 11.7. The van der Waals surface area contributed by atoms with Crippen molar-refractivity contribution >= 4 is 28.5 Å². The Morgan fingerprint density at radius 3 is 2.73 bits per heavy atom. The molecule has 0 unspecified atom stereocenters. The van der Waals surface area contributed by atoms with E-state index >= 15 is 0 Å². The minimum atomic E-state index is -0.933. The van der Waals surface area contributed by atoms with E-state index in [2.05, 4.69) is 4.98 Å². The molecule has 1 heterocycles. The Morgan fingerprint density at radius 1 is 1.60 bits per heavy atom. The number of anilines is 1. The number of aryl methyl sites for hydroxylation is 1. The molecule has 0 atom stereocenters. The van der Waals surface area contributed by atoms with Crippen LogP contribution in [0.4, 0.5) is 5.13 Å². The van der Waals surface area contributed by atoms with Crippen LogP contribution in [-0.2, 0) is 11.2 Å². The lowest BCUT2D eigenvalue weighted by Crippen LogP contribution is -2.07. The summed E-state index contributed by atoms with van der Waals surface area (Å²) in [4.78, 5) is 17.6. The quantitative estimate of drug-likeness (QED) is 0.796. The first-order chi connectivity index (χ1) is 7.04. The minimum absolute atomic E-state index is 0.809. The minimum Gasteiger partial charge on any atom is -0.478 e. The molecular formula is C10H14N2O2S.